The van der Waals surface area contributed by atoms with Crippen molar-refractivity contribution < 1.29 is 18.3 Å². The minimum Gasteiger partial charge on any atom is -0.434 e. The highest BCUT2D eigenvalue weighted by molar-refractivity contribution is 6.42. The van der Waals surface area contributed by atoms with Crippen molar-refractivity contribution in [2.45, 2.75) is 13.0 Å². The van der Waals surface area contributed by atoms with Gasteiger partial charge in [0.15, 0.2) is 5.78 Å². The number of alkyl halides is 2. The van der Waals surface area contributed by atoms with Gasteiger partial charge in [0.05, 0.1) is 15.6 Å². The number of ketones is 1. The second-order valence-electron chi connectivity index (χ2n) is 4.19. The van der Waals surface area contributed by atoms with E-state index in [1.807, 2.05) is 0 Å². The van der Waals surface area contributed by atoms with Gasteiger partial charge in [-0.15, -0.1) is 0 Å². The molecule has 0 atom stereocenters. The first-order valence-electron chi connectivity index (χ1n) is 5.99. The molecule has 0 bridgehead atoms. The lowest BCUT2D eigenvalue weighted by Crippen LogP contribution is -2.10. The minimum absolute atomic E-state index is 0.0526. The number of ether oxygens (including phenoxy) is 1. The van der Waals surface area contributed by atoms with Crippen molar-refractivity contribution >= 4 is 29.0 Å². The second-order valence-corrected chi connectivity index (χ2v) is 4.97. The number of para-hydroxylation sites is 1. The molecule has 0 fully saturated rings. The average Bonchev–Trinajstić information content (AvgIpc) is 2.44. The Morgan fingerprint density at radius 3 is 2.52 bits per heavy atom. The van der Waals surface area contributed by atoms with Crippen LogP contribution in [0.5, 0.6) is 5.75 Å². The molecule has 0 unspecified atom stereocenters. The van der Waals surface area contributed by atoms with Crippen LogP contribution < -0.4 is 4.74 Å². The van der Waals surface area contributed by atoms with Gasteiger partial charge in [0, 0.05) is 6.42 Å². The summed E-state index contributed by atoms with van der Waals surface area (Å²) in [5.74, 6) is -0.536. The molecule has 0 radical (unpaired) electrons. The molecule has 0 heterocycles. The van der Waals surface area contributed by atoms with Crippen molar-refractivity contribution in [2.75, 3.05) is 0 Å². The zero-order valence-electron chi connectivity index (χ0n) is 10.7. The average molecular weight is 331 g/mol. The zero-order valence-corrected chi connectivity index (χ0v) is 12.2. The van der Waals surface area contributed by atoms with Gasteiger partial charge in [0.2, 0.25) is 0 Å². The SMILES string of the molecule is O=C(Cc1cccc(Cl)c1Cl)c1ccccc1OC(F)F. The van der Waals surface area contributed by atoms with Gasteiger partial charge in [-0.05, 0) is 23.8 Å². The number of halogens is 4. The maximum atomic E-state index is 12.3. The molecule has 21 heavy (non-hydrogen) atoms. The molecule has 0 amide bonds. The highest BCUT2D eigenvalue weighted by Gasteiger charge is 2.17. The van der Waals surface area contributed by atoms with E-state index >= 15 is 0 Å². The number of hydrogen-bond acceptors (Lipinski definition) is 2. The lowest BCUT2D eigenvalue weighted by molar-refractivity contribution is -0.0501. The van der Waals surface area contributed by atoms with Crippen LogP contribution in [0.15, 0.2) is 42.5 Å². The van der Waals surface area contributed by atoms with E-state index in [-0.39, 0.29) is 28.5 Å². The smallest absolute Gasteiger partial charge is 0.387 e. The first-order valence-corrected chi connectivity index (χ1v) is 6.74. The first kappa shape index (κ1) is 15.7. The lowest BCUT2D eigenvalue weighted by Gasteiger charge is -2.10. The van der Waals surface area contributed by atoms with E-state index < -0.39 is 6.61 Å². The van der Waals surface area contributed by atoms with Crippen molar-refractivity contribution in [1.82, 2.24) is 0 Å². The number of hydrogen-bond donors (Lipinski definition) is 0. The van der Waals surface area contributed by atoms with Crippen LogP contribution in [0.1, 0.15) is 15.9 Å². The molecular formula is C15H10Cl2F2O2. The van der Waals surface area contributed by atoms with E-state index in [0.29, 0.717) is 10.6 Å². The van der Waals surface area contributed by atoms with Gasteiger partial charge < -0.3 is 4.74 Å². The molecule has 110 valence electrons. The predicted octanol–water partition coefficient (Wildman–Crippen LogP) is 5.02. The maximum Gasteiger partial charge on any atom is 0.387 e. The van der Waals surface area contributed by atoms with Crippen molar-refractivity contribution in [2.24, 2.45) is 0 Å². The molecule has 6 heteroatoms. The van der Waals surface area contributed by atoms with E-state index in [1.54, 1.807) is 24.3 Å². The number of carbonyl (C=O) groups is 1. The van der Waals surface area contributed by atoms with Gasteiger partial charge in [-0.3, -0.25) is 4.79 Å². The predicted molar refractivity (Wildman–Crippen MR) is 77.6 cm³/mol. The van der Waals surface area contributed by atoms with E-state index in [9.17, 15) is 13.6 Å². The molecule has 0 aliphatic heterocycles. The highest BCUT2D eigenvalue weighted by Crippen LogP contribution is 2.28. The summed E-state index contributed by atoms with van der Waals surface area (Å²) in [5, 5.41) is 0.610. The van der Waals surface area contributed by atoms with Crippen LogP contribution in [-0.2, 0) is 6.42 Å². The Morgan fingerprint density at radius 2 is 1.81 bits per heavy atom. The summed E-state index contributed by atoms with van der Waals surface area (Å²) in [7, 11) is 0. The summed E-state index contributed by atoms with van der Waals surface area (Å²) in [6.45, 7) is -2.99. The van der Waals surface area contributed by atoms with E-state index in [2.05, 4.69) is 4.74 Å². The van der Waals surface area contributed by atoms with Crippen LogP contribution >= 0.6 is 23.2 Å². The molecule has 0 N–H and O–H groups in total. The third-order valence-corrected chi connectivity index (χ3v) is 3.64. The monoisotopic (exact) mass is 330 g/mol. The van der Waals surface area contributed by atoms with Crippen molar-refractivity contribution in [3.8, 4) is 5.75 Å². The third kappa shape index (κ3) is 3.93. The normalized spacial score (nSPS) is 10.7. The zero-order chi connectivity index (χ0) is 15.4. The van der Waals surface area contributed by atoms with Crippen LogP contribution in [-0.4, -0.2) is 12.4 Å². The van der Waals surface area contributed by atoms with Crippen LogP contribution in [0.3, 0.4) is 0 Å². The standard InChI is InChI=1S/C15H10Cl2F2O2/c16-11-6-3-4-9(14(11)17)8-12(20)10-5-1-2-7-13(10)21-15(18)19/h1-7,15H,8H2. The third-order valence-electron chi connectivity index (χ3n) is 2.79. The second kappa shape index (κ2) is 6.87. The van der Waals surface area contributed by atoms with Crippen molar-refractivity contribution in [3.63, 3.8) is 0 Å². The van der Waals surface area contributed by atoms with Gasteiger partial charge in [0.25, 0.3) is 0 Å². The topological polar surface area (TPSA) is 26.3 Å². The Balaban J connectivity index is 2.27. The van der Waals surface area contributed by atoms with Gasteiger partial charge in [-0.25, -0.2) is 0 Å². The molecule has 2 aromatic carbocycles. The molecule has 2 nitrogen and oxygen atoms in total. The number of rotatable bonds is 5. The van der Waals surface area contributed by atoms with E-state index in [0.717, 1.165) is 0 Å². The Hall–Kier alpha value is -1.65. The Bertz CT molecular complexity index is 660. The summed E-state index contributed by atoms with van der Waals surface area (Å²) >= 11 is 11.9. The van der Waals surface area contributed by atoms with Crippen molar-refractivity contribution in [3.05, 3.63) is 63.6 Å². The highest BCUT2D eigenvalue weighted by atomic mass is 35.5. The first-order chi connectivity index (χ1) is 9.99. The molecule has 0 saturated heterocycles. The summed E-state index contributed by atoms with van der Waals surface area (Å²) in [6, 6.07) is 10.8. The summed E-state index contributed by atoms with van der Waals surface area (Å²) in [6.07, 6.45) is -0.0526. The van der Waals surface area contributed by atoms with Crippen molar-refractivity contribution in [1.29, 1.82) is 0 Å². The van der Waals surface area contributed by atoms with Gasteiger partial charge in [-0.2, -0.15) is 8.78 Å². The van der Waals surface area contributed by atoms with Gasteiger partial charge in [-0.1, -0.05) is 47.5 Å². The molecule has 0 aliphatic rings. The lowest BCUT2D eigenvalue weighted by atomic mass is 10.0. The fourth-order valence-corrected chi connectivity index (χ4v) is 2.24. The fraction of sp³-hybridized carbons (Fsp3) is 0.133. The van der Waals surface area contributed by atoms with Crippen LogP contribution in [0.2, 0.25) is 10.0 Å². The van der Waals surface area contributed by atoms with Gasteiger partial charge in [0.1, 0.15) is 5.75 Å². The number of benzene rings is 2. The summed E-state index contributed by atoms with van der Waals surface area (Å²) in [5.41, 5.74) is 0.606. The fourth-order valence-electron chi connectivity index (χ4n) is 1.85. The molecule has 0 saturated carbocycles. The molecular weight excluding hydrogens is 321 g/mol. The van der Waals surface area contributed by atoms with E-state index in [1.165, 1.54) is 18.2 Å². The Labute approximate surface area is 130 Å². The van der Waals surface area contributed by atoms with Crippen LogP contribution in [0, 0.1) is 0 Å². The van der Waals surface area contributed by atoms with Crippen LogP contribution in [0.4, 0.5) is 8.78 Å². The Kier molecular flexibility index (Phi) is 5.15. The quantitative estimate of drug-likeness (QED) is 0.719. The Morgan fingerprint density at radius 1 is 1.10 bits per heavy atom. The summed E-state index contributed by atoms with van der Waals surface area (Å²) < 4.78 is 29.0. The van der Waals surface area contributed by atoms with Crippen LogP contribution in [0.25, 0.3) is 0 Å². The maximum absolute atomic E-state index is 12.3. The van der Waals surface area contributed by atoms with E-state index in [4.69, 9.17) is 23.2 Å². The molecule has 0 aromatic heterocycles. The van der Waals surface area contributed by atoms with Gasteiger partial charge >= 0.3 is 6.61 Å². The number of Topliss-reactive ketones (excluding diaryl/α,β-unsaturated/α-hetero) is 1. The number of carbonyl (C=O) groups excluding carboxylic acids is 1. The molecule has 2 aromatic rings. The minimum atomic E-state index is -2.99. The molecule has 0 spiro atoms. The molecule has 0 aliphatic carbocycles. The summed E-state index contributed by atoms with van der Waals surface area (Å²) in [4.78, 5) is 12.3. The molecule has 2 rings (SSSR count). The largest absolute Gasteiger partial charge is 0.434 e.